The van der Waals surface area contributed by atoms with Gasteiger partial charge < -0.3 is 15.0 Å². The van der Waals surface area contributed by atoms with Crippen LogP contribution in [0, 0.1) is 19.8 Å². The van der Waals surface area contributed by atoms with E-state index in [1.54, 1.807) is 7.11 Å². The van der Waals surface area contributed by atoms with Gasteiger partial charge in [0.1, 0.15) is 0 Å². The highest BCUT2D eigenvalue weighted by molar-refractivity contribution is 5.91. The molecular formula is C13H22N4O2. The summed E-state index contributed by atoms with van der Waals surface area (Å²) in [5.41, 5.74) is 2.63. The zero-order valence-electron chi connectivity index (χ0n) is 12.1. The SMILES string of the molecule is COCCn1nc(C)c(NC(=O)N2CC(C)C2)c1C. The van der Waals surface area contributed by atoms with E-state index in [4.69, 9.17) is 4.74 Å². The molecule has 1 aliphatic rings. The average Bonchev–Trinajstić information content (AvgIpc) is 2.60. The summed E-state index contributed by atoms with van der Waals surface area (Å²) in [4.78, 5) is 13.8. The minimum absolute atomic E-state index is 0.0319. The number of aromatic nitrogens is 2. The van der Waals surface area contributed by atoms with Crippen molar-refractivity contribution in [3.8, 4) is 0 Å². The van der Waals surface area contributed by atoms with Gasteiger partial charge in [0.15, 0.2) is 0 Å². The van der Waals surface area contributed by atoms with Crippen molar-refractivity contribution in [2.24, 2.45) is 5.92 Å². The second-order valence-corrected chi connectivity index (χ2v) is 5.20. The van der Waals surface area contributed by atoms with Crippen LogP contribution in [0.1, 0.15) is 18.3 Å². The lowest BCUT2D eigenvalue weighted by atomic mass is 10.0. The van der Waals surface area contributed by atoms with Crippen LogP contribution in [0.3, 0.4) is 0 Å². The number of methoxy groups -OCH3 is 1. The molecule has 0 atom stereocenters. The van der Waals surface area contributed by atoms with Gasteiger partial charge in [0.05, 0.1) is 30.2 Å². The smallest absolute Gasteiger partial charge is 0.321 e. The minimum atomic E-state index is -0.0319. The Morgan fingerprint density at radius 3 is 2.74 bits per heavy atom. The summed E-state index contributed by atoms with van der Waals surface area (Å²) in [7, 11) is 1.67. The van der Waals surface area contributed by atoms with Gasteiger partial charge in [-0.3, -0.25) is 4.68 Å². The first kappa shape index (κ1) is 13.9. The van der Waals surface area contributed by atoms with E-state index in [0.29, 0.717) is 19.1 Å². The predicted octanol–water partition coefficient (Wildman–Crippen LogP) is 1.63. The Labute approximate surface area is 113 Å². The maximum absolute atomic E-state index is 12.0. The van der Waals surface area contributed by atoms with Crippen LogP contribution in [-0.2, 0) is 11.3 Å². The number of anilines is 1. The third-order valence-corrected chi connectivity index (χ3v) is 3.47. The molecule has 6 nitrogen and oxygen atoms in total. The molecule has 1 aliphatic heterocycles. The van der Waals surface area contributed by atoms with Gasteiger partial charge in [-0.1, -0.05) is 6.92 Å². The number of likely N-dealkylation sites (tertiary alicyclic amines) is 1. The van der Waals surface area contributed by atoms with Crippen LogP contribution in [0.4, 0.5) is 10.5 Å². The number of ether oxygens (including phenoxy) is 1. The summed E-state index contributed by atoms with van der Waals surface area (Å²) in [5.74, 6) is 0.609. The van der Waals surface area contributed by atoms with Crippen molar-refractivity contribution in [1.29, 1.82) is 0 Å². The Bertz CT molecular complexity index is 463. The van der Waals surface area contributed by atoms with Crippen molar-refractivity contribution >= 4 is 11.7 Å². The van der Waals surface area contributed by atoms with E-state index in [1.807, 2.05) is 23.4 Å². The number of nitrogens with one attached hydrogen (secondary N) is 1. The Balaban J connectivity index is 2.03. The Kier molecular flexibility index (Phi) is 4.09. The predicted molar refractivity (Wildman–Crippen MR) is 73.3 cm³/mol. The molecule has 1 saturated heterocycles. The van der Waals surface area contributed by atoms with Gasteiger partial charge in [-0.2, -0.15) is 5.10 Å². The van der Waals surface area contributed by atoms with Crippen LogP contribution in [-0.4, -0.2) is 47.5 Å². The number of carbonyl (C=O) groups is 1. The molecule has 0 aliphatic carbocycles. The van der Waals surface area contributed by atoms with Gasteiger partial charge in [-0.25, -0.2) is 4.79 Å². The minimum Gasteiger partial charge on any atom is -0.383 e. The van der Waals surface area contributed by atoms with Gasteiger partial charge in [-0.15, -0.1) is 0 Å². The number of rotatable bonds is 4. The molecule has 1 aromatic heterocycles. The van der Waals surface area contributed by atoms with E-state index in [-0.39, 0.29) is 6.03 Å². The van der Waals surface area contributed by atoms with Gasteiger partial charge in [0.25, 0.3) is 0 Å². The van der Waals surface area contributed by atoms with Crippen LogP contribution >= 0.6 is 0 Å². The van der Waals surface area contributed by atoms with Gasteiger partial charge in [-0.05, 0) is 19.8 Å². The first-order valence-electron chi connectivity index (χ1n) is 6.61. The monoisotopic (exact) mass is 266 g/mol. The van der Waals surface area contributed by atoms with E-state index in [1.165, 1.54) is 0 Å². The maximum atomic E-state index is 12.0. The lowest BCUT2D eigenvalue weighted by molar-refractivity contribution is 0.140. The summed E-state index contributed by atoms with van der Waals surface area (Å²) in [5, 5.41) is 7.38. The van der Waals surface area contributed by atoms with Crippen LogP contribution in [0.15, 0.2) is 0 Å². The molecule has 0 aromatic carbocycles. The molecule has 0 unspecified atom stereocenters. The highest BCUT2D eigenvalue weighted by Gasteiger charge is 2.28. The molecule has 19 heavy (non-hydrogen) atoms. The van der Waals surface area contributed by atoms with Crippen molar-refractivity contribution in [3.05, 3.63) is 11.4 Å². The normalized spacial score (nSPS) is 15.5. The van der Waals surface area contributed by atoms with Crippen LogP contribution in [0.2, 0.25) is 0 Å². The fourth-order valence-electron chi connectivity index (χ4n) is 2.32. The number of hydrogen-bond acceptors (Lipinski definition) is 3. The fourth-order valence-corrected chi connectivity index (χ4v) is 2.32. The molecule has 0 spiro atoms. The molecule has 2 heterocycles. The average molecular weight is 266 g/mol. The number of nitrogens with zero attached hydrogens (tertiary/aromatic N) is 3. The highest BCUT2D eigenvalue weighted by atomic mass is 16.5. The second kappa shape index (κ2) is 5.61. The highest BCUT2D eigenvalue weighted by Crippen LogP contribution is 2.22. The van der Waals surface area contributed by atoms with Crippen molar-refractivity contribution in [3.63, 3.8) is 0 Å². The molecule has 1 fully saturated rings. The number of hydrogen-bond donors (Lipinski definition) is 1. The molecule has 2 amide bonds. The zero-order chi connectivity index (χ0) is 14.0. The summed E-state index contributed by atoms with van der Waals surface area (Å²) >= 11 is 0. The molecule has 2 rings (SSSR count). The second-order valence-electron chi connectivity index (χ2n) is 5.20. The number of amides is 2. The molecule has 6 heteroatoms. The molecule has 0 bridgehead atoms. The molecule has 106 valence electrons. The number of urea groups is 1. The van der Waals surface area contributed by atoms with Gasteiger partial charge in [0.2, 0.25) is 0 Å². The lowest BCUT2D eigenvalue weighted by Gasteiger charge is -2.36. The van der Waals surface area contributed by atoms with Crippen molar-refractivity contribution in [2.45, 2.75) is 27.3 Å². The molecule has 1 aromatic rings. The van der Waals surface area contributed by atoms with Gasteiger partial charge >= 0.3 is 6.03 Å². The van der Waals surface area contributed by atoms with Crippen LogP contribution < -0.4 is 5.32 Å². The lowest BCUT2D eigenvalue weighted by Crippen LogP contribution is -2.50. The number of aryl methyl sites for hydroxylation is 1. The quantitative estimate of drug-likeness (QED) is 0.901. The third kappa shape index (κ3) is 2.89. The first-order valence-corrected chi connectivity index (χ1v) is 6.61. The van der Waals surface area contributed by atoms with E-state index in [2.05, 4.69) is 17.3 Å². The van der Waals surface area contributed by atoms with Gasteiger partial charge in [0, 0.05) is 20.2 Å². The largest absolute Gasteiger partial charge is 0.383 e. The van der Waals surface area contributed by atoms with Crippen molar-refractivity contribution in [2.75, 3.05) is 32.1 Å². The zero-order valence-corrected chi connectivity index (χ0v) is 12.1. The van der Waals surface area contributed by atoms with Crippen LogP contribution in [0.5, 0.6) is 0 Å². The standard InChI is InChI=1S/C13H22N4O2/c1-9-7-16(8-9)13(18)14-12-10(2)15-17(11(12)3)5-6-19-4/h9H,5-8H2,1-4H3,(H,14,18). The molecule has 1 N–H and O–H groups in total. The topological polar surface area (TPSA) is 59.4 Å². The van der Waals surface area contributed by atoms with Crippen molar-refractivity contribution < 1.29 is 9.53 Å². The first-order chi connectivity index (χ1) is 9.02. The van der Waals surface area contributed by atoms with E-state index < -0.39 is 0 Å². The maximum Gasteiger partial charge on any atom is 0.321 e. The van der Waals surface area contributed by atoms with E-state index >= 15 is 0 Å². The molecule has 0 radical (unpaired) electrons. The molecular weight excluding hydrogens is 244 g/mol. The van der Waals surface area contributed by atoms with E-state index in [0.717, 1.165) is 30.2 Å². The van der Waals surface area contributed by atoms with Crippen molar-refractivity contribution in [1.82, 2.24) is 14.7 Å². The number of carbonyl (C=O) groups excluding carboxylic acids is 1. The Hall–Kier alpha value is -1.56. The Morgan fingerprint density at radius 1 is 1.47 bits per heavy atom. The van der Waals surface area contributed by atoms with Crippen LogP contribution in [0.25, 0.3) is 0 Å². The Morgan fingerprint density at radius 2 is 2.16 bits per heavy atom. The van der Waals surface area contributed by atoms with E-state index in [9.17, 15) is 4.79 Å². The molecule has 0 saturated carbocycles. The summed E-state index contributed by atoms with van der Waals surface area (Å²) in [6.45, 7) is 8.99. The third-order valence-electron chi connectivity index (χ3n) is 3.47. The summed E-state index contributed by atoms with van der Waals surface area (Å²) < 4.78 is 6.92. The fraction of sp³-hybridized carbons (Fsp3) is 0.692. The summed E-state index contributed by atoms with van der Waals surface area (Å²) in [6, 6.07) is -0.0319. The summed E-state index contributed by atoms with van der Waals surface area (Å²) in [6.07, 6.45) is 0.